The second kappa shape index (κ2) is 15.7. The Kier molecular flexibility index (Phi) is 12.0. The van der Waals surface area contributed by atoms with Crippen LogP contribution in [-0.4, -0.2) is 26.1 Å². The monoisotopic (exact) mass is 811 g/mol. The first-order valence-corrected chi connectivity index (χ1v) is 22.6. The molecular formula is C41H42IrN2Si2-2. The molecule has 4 aromatic carbocycles. The van der Waals surface area contributed by atoms with Crippen LogP contribution < -0.4 is 10.4 Å². The molecule has 0 aliphatic carbocycles. The van der Waals surface area contributed by atoms with Crippen molar-refractivity contribution < 1.29 is 20.1 Å². The molecule has 0 N–H and O–H groups in total. The molecule has 46 heavy (non-hydrogen) atoms. The molecule has 0 spiro atoms. The van der Waals surface area contributed by atoms with Crippen molar-refractivity contribution in [2.45, 2.75) is 45.7 Å². The Labute approximate surface area is 291 Å². The van der Waals surface area contributed by atoms with E-state index >= 15 is 0 Å². The zero-order valence-corrected chi connectivity index (χ0v) is 32.0. The fraction of sp³-hybridized carbons (Fsp3) is 0.171. The zero-order valence-electron chi connectivity index (χ0n) is 27.6. The summed E-state index contributed by atoms with van der Waals surface area (Å²) in [7, 11) is -2.64. The van der Waals surface area contributed by atoms with Gasteiger partial charge in [0.25, 0.3) is 0 Å². The SMILES string of the molecule is C[Si](C)(C)c1ccc(-c2[c-]ccc(-c3ccccc3)c2)nc1.C[Si](C)(C)c1ccnc(-c2[c-]cccc2Cc2ccccc2)c1.[Ir]. The van der Waals surface area contributed by atoms with E-state index in [2.05, 4.69) is 165 Å². The summed E-state index contributed by atoms with van der Waals surface area (Å²) in [5, 5.41) is 2.82. The Balaban J connectivity index is 0.000000205. The van der Waals surface area contributed by atoms with Crippen LogP contribution in [0.1, 0.15) is 11.1 Å². The summed E-state index contributed by atoms with van der Waals surface area (Å²) in [5.74, 6) is 0. The molecular weight excluding hydrogens is 769 g/mol. The summed E-state index contributed by atoms with van der Waals surface area (Å²) in [6, 6.07) is 48.9. The van der Waals surface area contributed by atoms with Gasteiger partial charge in [0.15, 0.2) is 0 Å². The van der Waals surface area contributed by atoms with E-state index < -0.39 is 16.1 Å². The summed E-state index contributed by atoms with van der Waals surface area (Å²) in [6.07, 6.45) is 4.88. The number of rotatable bonds is 7. The third kappa shape index (κ3) is 9.40. The van der Waals surface area contributed by atoms with Gasteiger partial charge in [-0.2, -0.15) is 0 Å². The first kappa shape index (κ1) is 35.1. The Morgan fingerprint density at radius 3 is 1.91 bits per heavy atom. The van der Waals surface area contributed by atoms with Crippen molar-refractivity contribution >= 4 is 26.5 Å². The summed E-state index contributed by atoms with van der Waals surface area (Å²) < 4.78 is 0. The van der Waals surface area contributed by atoms with Gasteiger partial charge in [0.05, 0.1) is 16.1 Å². The molecule has 5 heteroatoms. The van der Waals surface area contributed by atoms with E-state index in [4.69, 9.17) is 0 Å². The van der Waals surface area contributed by atoms with Crippen molar-refractivity contribution in [1.82, 2.24) is 9.97 Å². The molecule has 235 valence electrons. The van der Waals surface area contributed by atoms with E-state index in [0.717, 1.165) is 28.9 Å². The molecule has 6 aromatic rings. The van der Waals surface area contributed by atoms with E-state index in [-0.39, 0.29) is 20.1 Å². The van der Waals surface area contributed by atoms with Crippen LogP contribution in [0, 0.1) is 12.1 Å². The van der Waals surface area contributed by atoms with Gasteiger partial charge in [0, 0.05) is 32.5 Å². The number of hydrogen-bond acceptors (Lipinski definition) is 2. The molecule has 0 bridgehead atoms. The third-order valence-electron chi connectivity index (χ3n) is 7.88. The molecule has 0 unspecified atom stereocenters. The third-order valence-corrected chi connectivity index (χ3v) is 11.9. The number of nitrogens with zero attached hydrogens (tertiary/aromatic N) is 2. The largest absolute Gasteiger partial charge is 0.305 e. The predicted octanol–water partition coefficient (Wildman–Crippen LogP) is 9.44. The van der Waals surface area contributed by atoms with Gasteiger partial charge >= 0.3 is 0 Å². The standard InChI is InChI=1S/C21H22NSi.C20H20NSi.Ir/c1-23(2,3)19-13-14-22-21(16-19)20-12-8-7-11-18(20)15-17-9-5-4-6-10-17;1-22(2,3)19-12-13-20(21-15-19)18-11-7-10-17(14-18)16-8-5-4-6-9-16;/h4-11,13-14,16H,15H2,1-3H3;4-10,12-15H,1-3H3;/q2*-1;. The summed E-state index contributed by atoms with van der Waals surface area (Å²) in [6.45, 7) is 14.1. The van der Waals surface area contributed by atoms with E-state index in [1.807, 2.05) is 30.6 Å². The van der Waals surface area contributed by atoms with Crippen molar-refractivity contribution in [3.63, 3.8) is 0 Å². The van der Waals surface area contributed by atoms with Crippen LogP contribution in [-0.2, 0) is 26.5 Å². The first-order valence-electron chi connectivity index (χ1n) is 15.6. The van der Waals surface area contributed by atoms with Crippen molar-refractivity contribution in [3.05, 3.63) is 157 Å². The molecule has 2 nitrogen and oxygen atoms in total. The molecule has 1 radical (unpaired) electrons. The summed E-state index contributed by atoms with van der Waals surface area (Å²) >= 11 is 0. The quantitative estimate of drug-likeness (QED) is 0.119. The van der Waals surface area contributed by atoms with Crippen LogP contribution in [0.3, 0.4) is 0 Å². The van der Waals surface area contributed by atoms with Crippen molar-refractivity contribution in [2.75, 3.05) is 0 Å². The van der Waals surface area contributed by atoms with Gasteiger partial charge in [-0.15, -0.1) is 70.8 Å². The van der Waals surface area contributed by atoms with Crippen LogP contribution in [0.5, 0.6) is 0 Å². The van der Waals surface area contributed by atoms with Crippen LogP contribution in [0.4, 0.5) is 0 Å². The topological polar surface area (TPSA) is 25.8 Å². The predicted molar refractivity (Wildman–Crippen MR) is 198 cm³/mol. The average Bonchev–Trinajstić information content (AvgIpc) is 3.06. The Morgan fingerprint density at radius 2 is 1.26 bits per heavy atom. The maximum Gasteiger partial charge on any atom is 0.0795 e. The van der Waals surface area contributed by atoms with Gasteiger partial charge < -0.3 is 9.97 Å². The fourth-order valence-electron chi connectivity index (χ4n) is 5.13. The average molecular weight is 811 g/mol. The summed E-state index contributed by atoms with van der Waals surface area (Å²) in [5.41, 5.74) is 9.20. The molecule has 0 saturated heterocycles. The van der Waals surface area contributed by atoms with Gasteiger partial charge in [0.1, 0.15) is 0 Å². The number of benzene rings is 4. The van der Waals surface area contributed by atoms with Gasteiger partial charge in [-0.1, -0.05) is 129 Å². The van der Waals surface area contributed by atoms with Crippen LogP contribution >= 0.6 is 0 Å². The molecule has 2 heterocycles. The van der Waals surface area contributed by atoms with Crippen molar-refractivity contribution in [2.24, 2.45) is 0 Å². The number of aromatic nitrogens is 2. The fourth-order valence-corrected chi connectivity index (χ4v) is 7.31. The van der Waals surface area contributed by atoms with Crippen LogP contribution in [0.15, 0.2) is 134 Å². The molecule has 2 aromatic heterocycles. The first-order chi connectivity index (χ1) is 21.6. The zero-order chi connectivity index (χ0) is 31.9. The smallest absolute Gasteiger partial charge is 0.0795 e. The second-order valence-electron chi connectivity index (χ2n) is 13.5. The minimum Gasteiger partial charge on any atom is -0.305 e. The second-order valence-corrected chi connectivity index (χ2v) is 23.6. The Morgan fingerprint density at radius 1 is 0.565 bits per heavy atom. The van der Waals surface area contributed by atoms with Crippen LogP contribution in [0.2, 0.25) is 39.3 Å². The van der Waals surface area contributed by atoms with Crippen LogP contribution in [0.25, 0.3) is 33.6 Å². The van der Waals surface area contributed by atoms with Gasteiger partial charge in [-0.3, -0.25) is 0 Å². The normalized spacial score (nSPS) is 11.2. The Bertz CT molecular complexity index is 1830. The number of hydrogen-bond donors (Lipinski definition) is 0. The summed E-state index contributed by atoms with van der Waals surface area (Å²) in [4.78, 5) is 9.27. The molecule has 0 saturated carbocycles. The minimum atomic E-state index is -1.34. The van der Waals surface area contributed by atoms with Gasteiger partial charge in [-0.05, 0) is 34.6 Å². The van der Waals surface area contributed by atoms with E-state index in [1.54, 1.807) is 0 Å². The van der Waals surface area contributed by atoms with E-state index in [1.165, 1.54) is 32.6 Å². The van der Waals surface area contributed by atoms with Gasteiger partial charge in [-0.25, -0.2) is 0 Å². The van der Waals surface area contributed by atoms with Crippen molar-refractivity contribution in [3.8, 4) is 33.6 Å². The minimum absolute atomic E-state index is 0. The molecule has 0 atom stereocenters. The molecule has 0 amide bonds. The van der Waals surface area contributed by atoms with Crippen molar-refractivity contribution in [1.29, 1.82) is 0 Å². The van der Waals surface area contributed by atoms with Gasteiger partial charge in [0.2, 0.25) is 0 Å². The molecule has 0 aliphatic rings. The van der Waals surface area contributed by atoms with E-state index in [9.17, 15) is 0 Å². The Hall–Kier alpha value is -3.74. The molecule has 0 fully saturated rings. The maximum absolute atomic E-state index is 4.65. The number of pyridine rings is 2. The molecule has 6 rings (SSSR count). The van der Waals surface area contributed by atoms with E-state index in [0.29, 0.717) is 0 Å². The maximum atomic E-state index is 4.65. The molecule has 0 aliphatic heterocycles.